The first-order valence-electron chi connectivity index (χ1n) is 5.08. The SMILES string of the molecule is CC(C=O)Cc1ccc2ncccc2c1. The second-order valence-electron chi connectivity index (χ2n) is 3.85. The number of hydrogen-bond acceptors (Lipinski definition) is 2. The fourth-order valence-corrected chi connectivity index (χ4v) is 1.67. The molecule has 0 saturated heterocycles. The molecule has 1 unspecified atom stereocenters. The monoisotopic (exact) mass is 199 g/mol. The van der Waals surface area contributed by atoms with Gasteiger partial charge in [-0.05, 0) is 30.2 Å². The standard InChI is InChI=1S/C13H13NO/c1-10(9-15)7-11-4-5-13-12(8-11)3-2-6-14-13/h2-6,8-10H,7H2,1H3. The second kappa shape index (κ2) is 4.22. The van der Waals surface area contributed by atoms with Gasteiger partial charge in [0, 0.05) is 17.5 Å². The number of pyridine rings is 1. The Bertz CT molecular complexity index is 479. The first-order valence-corrected chi connectivity index (χ1v) is 5.08. The molecule has 2 rings (SSSR count). The number of benzene rings is 1. The summed E-state index contributed by atoms with van der Waals surface area (Å²) >= 11 is 0. The van der Waals surface area contributed by atoms with Crippen molar-refractivity contribution in [2.24, 2.45) is 5.92 Å². The van der Waals surface area contributed by atoms with E-state index in [1.165, 1.54) is 5.56 Å². The van der Waals surface area contributed by atoms with Crippen molar-refractivity contribution in [2.75, 3.05) is 0 Å². The molecule has 76 valence electrons. The summed E-state index contributed by atoms with van der Waals surface area (Å²) in [5.41, 5.74) is 2.19. The van der Waals surface area contributed by atoms with Crippen LogP contribution in [-0.2, 0) is 11.2 Å². The van der Waals surface area contributed by atoms with Gasteiger partial charge in [-0.2, -0.15) is 0 Å². The van der Waals surface area contributed by atoms with E-state index in [0.29, 0.717) is 0 Å². The third-order valence-corrected chi connectivity index (χ3v) is 2.46. The molecule has 0 aliphatic heterocycles. The van der Waals surface area contributed by atoms with E-state index in [2.05, 4.69) is 11.1 Å². The fraction of sp³-hybridized carbons (Fsp3) is 0.231. The summed E-state index contributed by atoms with van der Waals surface area (Å²) in [7, 11) is 0. The summed E-state index contributed by atoms with van der Waals surface area (Å²) in [6.07, 6.45) is 3.58. The van der Waals surface area contributed by atoms with Gasteiger partial charge in [-0.25, -0.2) is 0 Å². The molecule has 0 fully saturated rings. The van der Waals surface area contributed by atoms with Crippen LogP contribution in [0.1, 0.15) is 12.5 Å². The molecule has 0 aliphatic rings. The first-order chi connectivity index (χ1) is 7.29. The van der Waals surface area contributed by atoms with Crippen molar-refractivity contribution in [3.63, 3.8) is 0 Å². The number of nitrogens with zero attached hydrogens (tertiary/aromatic N) is 1. The quantitative estimate of drug-likeness (QED) is 0.711. The summed E-state index contributed by atoms with van der Waals surface area (Å²) in [5.74, 6) is 0.0825. The Morgan fingerprint density at radius 3 is 3.07 bits per heavy atom. The number of carbonyl (C=O) groups is 1. The Morgan fingerprint density at radius 1 is 1.40 bits per heavy atom. The minimum Gasteiger partial charge on any atom is -0.303 e. The van der Waals surface area contributed by atoms with E-state index in [1.807, 2.05) is 31.2 Å². The Morgan fingerprint density at radius 2 is 2.27 bits per heavy atom. The molecule has 0 bridgehead atoms. The summed E-state index contributed by atoms with van der Waals surface area (Å²) < 4.78 is 0. The number of carbonyl (C=O) groups excluding carboxylic acids is 1. The van der Waals surface area contributed by atoms with E-state index in [0.717, 1.165) is 23.6 Å². The summed E-state index contributed by atoms with van der Waals surface area (Å²) in [6.45, 7) is 1.93. The van der Waals surface area contributed by atoms with Gasteiger partial charge < -0.3 is 4.79 Å². The van der Waals surface area contributed by atoms with E-state index in [1.54, 1.807) is 6.20 Å². The van der Waals surface area contributed by atoms with Crippen molar-refractivity contribution in [3.05, 3.63) is 42.1 Å². The molecule has 2 heteroatoms. The molecule has 0 saturated carbocycles. The van der Waals surface area contributed by atoms with Gasteiger partial charge in [0.1, 0.15) is 6.29 Å². The molecule has 2 aromatic rings. The maximum atomic E-state index is 10.6. The van der Waals surface area contributed by atoms with E-state index in [4.69, 9.17) is 0 Å². The molecular weight excluding hydrogens is 186 g/mol. The van der Waals surface area contributed by atoms with Crippen LogP contribution in [0.2, 0.25) is 0 Å². The highest BCUT2D eigenvalue weighted by molar-refractivity contribution is 5.79. The van der Waals surface area contributed by atoms with Gasteiger partial charge >= 0.3 is 0 Å². The van der Waals surface area contributed by atoms with Crippen molar-refractivity contribution >= 4 is 17.2 Å². The summed E-state index contributed by atoms with van der Waals surface area (Å²) in [6, 6.07) is 10.1. The zero-order chi connectivity index (χ0) is 10.7. The van der Waals surface area contributed by atoms with Gasteiger partial charge in [0.2, 0.25) is 0 Å². The molecule has 1 aromatic carbocycles. The van der Waals surface area contributed by atoms with E-state index >= 15 is 0 Å². The molecule has 1 heterocycles. The lowest BCUT2D eigenvalue weighted by atomic mass is 10.0. The lowest BCUT2D eigenvalue weighted by molar-refractivity contribution is -0.110. The molecule has 0 amide bonds. The molecule has 0 spiro atoms. The lowest BCUT2D eigenvalue weighted by Crippen LogP contribution is -2.00. The minimum absolute atomic E-state index is 0.0825. The Kier molecular flexibility index (Phi) is 2.77. The van der Waals surface area contributed by atoms with Crippen LogP contribution in [0.15, 0.2) is 36.5 Å². The maximum Gasteiger partial charge on any atom is 0.123 e. The zero-order valence-corrected chi connectivity index (χ0v) is 8.68. The highest BCUT2D eigenvalue weighted by Gasteiger charge is 2.02. The average Bonchev–Trinajstić information content (AvgIpc) is 2.29. The molecular formula is C13H13NO. The third kappa shape index (κ3) is 2.21. The van der Waals surface area contributed by atoms with Crippen LogP contribution in [0.25, 0.3) is 10.9 Å². The molecule has 0 aliphatic carbocycles. The molecule has 1 aromatic heterocycles. The Balaban J connectivity index is 2.34. The van der Waals surface area contributed by atoms with E-state index < -0.39 is 0 Å². The van der Waals surface area contributed by atoms with E-state index in [-0.39, 0.29) is 5.92 Å². The number of hydrogen-bond donors (Lipinski definition) is 0. The first kappa shape index (κ1) is 9.84. The van der Waals surface area contributed by atoms with Gasteiger partial charge in [0.15, 0.2) is 0 Å². The Labute approximate surface area is 89.0 Å². The topological polar surface area (TPSA) is 30.0 Å². The lowest BCUT2D eigenvalue weighted by Gasteiger charge is -2.04. The van der Waals surface area contributed by atoms with Crippen LogP contribution in [0, 0.1) is 5.92 Å². The fourth-order valence-electron chi connectivity index (χ4n) is 1.67. The van der Waals surface area contributed by atoms with Crippen molar-refractivity contribution in [1.29, 1.82) is 0 Å². The summed E-state index contributed by atoms with van der Waals surface area (Å²) in [5, 5.41) is 1.13. The predicted octanol–water partition coefficient (Wildman–Crippen LogP) is 2.61. The predicted molar refractivity (Wildman–Crippen MR) is 60.7 cm³/mol. The maximum absolute atomic E-state index is 10.6. The normalized spacial score (nSPS) is 12.6. The second-order valence-corrected chi connectivity index (χ2v) is 3.85. The van der Waals surface area contributed by atoms with Gasteiger partial charge in [-0.3, -0.25) is 4.98 Å². The van der Waals surface area contributed by atoms with Crippen molar-refractivity contribution in [3.8, 4) is 0 Å². The average molecular weight is 199 g/mol. The van der Waals surface area contributed by atoms with Crippen LogP contribution in [0.3, 0.4) is 0 Å². The van der Waals surface area contributed by atoms with Crippen molar-refractivity contribution in [1.82, 2.24) is 4.98 Å². The van der Waals surface area contributed by atoms with Crippen LogP contribution in [0.4, 0.5) is 0 Å². The van der Waals surface area contributed by atoms with Crippen LogP contribution in [0.5, 0.6) is 0 Å². The number of fused-ring (bicyclic) bond motifs is 1. The Hall–Kier alpha value is -1.70. The molecule has 0 radical (unpaired) electrons. The van der Waals surface area contributed by atoms with Gasteiger partial charge in [-0.15, -0.1) is 0 Å². The van der Waals surface area contributed by atoms with Gasteiger partial charge in [0.25, 0.3) is 0 Å². The van der Waals surface area contributed by atoms with Crippen LogP contribution < -0.4 is 0 Å². The molecule has 1 atom stereocenters. The molecule has 15 heavy (non-hydrogen) atoms. The van der Waals surface area contributed by atoms with Gasteiger partial charge in [0.05, 0.1) is 5.52 Å². The van der Waals surface area contributed by atoms with Crippen molar-refractivity contribution in [2.45, 2.75) is 13.3 Å². The van der Waals surface area contributed by atoms with Crippen molar-refractivity contribution < 1.29 is 4.79 Å². The summed E-state index contributed by atoms with van der Waals surface area (Å²) in [4.78, 5) is 14.8. The van der Waals surface area contributed by atoms with Crippen LogP contribution >= 0.6 is 0 Å². The molecule has 2 nitrogen and oxygen atoms in total. The smallest absolute Gasteiger partial charge is 0.123 e. The highest BCUT2D eigenvalue weighted by atomic mass is 16.1. The highest BCUT2D eigenvalue weighted by Crippen LogP contribution is 2.15. The van der Waals surface area contributed by atoms with Gasteiger partial charge in [-0.1, -0.05) is 19.1 Å². The van der Waals surface area contributed by atoms with Crippen LogP contribution in [-0.4, -0.2) is 11.3 Å². The molecule has 0 N–H and O–H groups in total. The number of aromatic nitrogens is 1. The van der Waals surface area contributed by atoms with E-state index in [9.17, 15) is 4.79 Å². The zero-order valence-electron chi connectivity index (χ0n) is 8.68. The number of rotatable bonds is 3. The third-order valence-electron chi connectivity index (χ3n) is 2.46. The minimum atomic E-state index is 0.0825. The largest absolute Gasteiger partial charge is 0.303 e. The number of aldehydes is 1.